The minimum Gasteiger partial charge on any atom is -0.497 e. The van der Waals surface area contributed by atoms with Crippen molar-refractivity contribution < 1.29 is 37.0 Å². The molecule has 0 aliphatic carbocycles. The first-order chi connectivity index (χ1) is 23.9. The number of nitrogens with zero attached hydrogens (tertiary/aromatic N) is 2. The Morgan fingerprint density at radius 1 is 0.740 bits per heavy atom. The van der Waals surface area contributed by atoms with Gasteiger partial charge in [0.1, 0.15) is 24.1 Å². The number of methoxy groups -OCH3 is 4. The number of hydrogen-bond acceptors (Lipinski definition) is 8. The fourth-order valence-electron chi connectivity index (χ4n) is 5.43. The molecule has 4 rings (SSSR count). The fourth-order valence-corrected chi connectivity index (χ4v) is 6.87. The summed E-state index contributed by atoms with van der Waals surface area (Å²) in [4.78, 5) is 30.0. The number of nitrogens with one attached hydrogen (secondary N) is 1. The van der Waals surface area contributed by atoms with Crippen LogP contribution in [0.5, 0.6) is 23.0 Å². The van der Waals surface area contributed by atoms with Gasteiger partial charge in [0.15, 0.2) is 11.5 Å². The van der Waals surface area contributed by atoms with Crippen LogP contribution in [0, 0.1) is 6.92 Å². The molecule has 0 aliphatic rings. The Hall–Kier alpha value is -5.23. The molecule has 1 atom stereocenters. The van der Waals surface area contributed by atoms with E-state index in [4.69, 9.17) is 18.9 Å². The number of carbonyl (C=O) groups excluding carboxylic acids is 2. The van der Waals surface area contributed by atoms with Gasteiger partial charge in [0.05, 0.1) is 39.0 Å². The molecule has 0 aromatic heterocycles. The number of amides is 2. The van der Waals surface area contributed by atoms with Gasteiger partial charge in [0.25, 0.3) is 10.0 Å². The van der Waals surface area contributed by atoms with E-state index in [2.05, 4.69) is 5.32 Å². The lowest BCUT2D eigenvalue weighted by Gasteiger charge is -2.34. The molecule has 0 radical (unpaired) electrons. The Morgan fingerprint density at radius 2 is 1.38 bits per heavy atom. The lowest BCUT2D eigenvalue weighted by atomic mass is 10.0. The minimum absolute atomic E-state index is 0.0433. The van der Waals surface area contributed by atoms with Gasteiger partial charge < -0.3 is 29.2 Å². The number of ether oxygens (including phenoxy) is 4. The van der Waals surface area contributed by atoms with Crippen molar-refractivity contribution in [1.82, 2.24) is 10.2 Å². The molecule has 12 heteroatoms. The zero-order chi connectivity index (χ0) is 36.4. The van der Waals surface area contributed by atoms with Crippen LogP contribution in [0.4, 0.5) is 5.69 Å². The third kappa shape index (κ3) is 9.06. The Kier molecular flexibility index (Phi) is 12.7. The van der Waals surface area contributed by atoms with Crippen molar-refractivity contribution in [1.29, 1.82) is 0 Å². The first kappa shape index (κ1) is 37.6. The van der Waals surface area contributed by atoms with E-state index in [0.717, 1.165) is 21.0 Å². The predicted molar refractivity (Wildman–Crippen MR) is 193 cm³/mol. The molecule has 11 nitrogen and oxygen atoms in total. The Morgan fingerprint density at radius 3 is 1.98 bits per heavy atom. The third-order valence-corrected chi connectivity index (χ3v) is 9.81. The quantitative estimate of drug-likeness (QED) is 0.165. The summed E-state index contributed by atoms with van der Waals surface area (Å²) >= 11 is 0. The average Bonchev–Trinajstić information content (AvgIpc) is 3.12. The van der Waals surface area contributed by atoms with E-state index in [-0.39, 0.29) is 47.0 Å². The topological polar surface area (TPSA) is 124 Å². The molecule has 50 heavy (non-hydrogen) atoms. The lowest BCUT2D eigenvalue weighted by Crippen LogP contribution is -2.54. The Balaban J connectivity index is 1.90. The molecule has 1 N–H and O–H groups in total. The van der Waals surface area contributed by atoms with E-state index in [9.17, 15) is 18.0 Å². The number of hydrogen-bond donors (Lipinski definition) is 1. The molecule has 0 saturated carbocycles. The second-order valence-corrected chi connectivity index (χ2v) is 13.8. The highest BCUT2D eigenvalue weighted by atomic mass is 32.2. The minimum atomic E-state index is -4.49. The maximum absolute atomic E-state index is 14.8. The second-order valence-electron chi connectivity index (χ2n) is 11.9. The van der Waals surface area contributed by atoms with Crippen molar-refractivity contribution in [3.8, 4) is 23.0 Å². The van der Waals surface area contributed by atoms with Crippen LogP contribution < -0.4 is 28.6 Å². The summed E-state index contributed by atoms with van der Waals surface area (Å²) in [5, 5.41) is 2.96. The zero-order valence-electron chi connectivity index (χ0n) is 29.5. The van der Waals surface area contributed by atoms with Crippen molar-refractivity contribution in [3.63, 3.8) is 0 Å². The molecule has 0 spiro atoms. The molecule has 0 fully saturated rings. The van der Waals surface area contributed by atoms with Crippen LogP contribution in [0.2, 0.25) is 0 Å². The van der Waals surface area contributed by atoms with Crippen molar-refractivity contribution in [2.45, 2.75) is 50.7 Å². The number of rotatable bonds is 16. The summed E-state index contributed by atoms with van der Waals surface area (Å²) in [6.07, 6.45) is 0.196. The molecule has 2 amide bonds. The fraction of sp³-hybridized carbons (Fsp3) is 0.316. The van der Waals surface area contributed by atoms with Gasteiger partial charge in [0, 0.05) is 31.1 Å². The molecule has 0 saturated heterocycles. The molecule has 0 unspecified atom stereocenters. The summed E-state index contributed by atoms with van der Waals surface area (Å²) in [6.45, 7) is 5.01. The number of carbonyl (C=O) groups is 2. The summed E-state index contributed by atoms with van der Waals surface area (Å²) in [5.41, 5.74) is 2.70. The third-order valence-electron chi connectivity index (χ3n) is 8.05. The molecule has 266 valence electrons. The highest BCUT2D eigenvalue weighted by Crippen LogP contribution is 2.38. The van der Waals surface area contributed by atoms with Crippen LogP contribution in [0.15, 0.2) is 95.9 Å². The van der Waals surface area contributed by atoms with Crippen LogP contribution in [0.25, 0.3) is 0 Å². The second kappa shape index (κ2) is 16.9. The highest BCUT2D eigenvalue weighted by molar-refractivity contribution is 7.92. The Labute approximate surface area is 294 Å². The maximum Gasteiger partial charge on any atom is 0.265 e. The summed E-state index contributed by atoms with van der Waals surface area (Å²) in [7, 11) is 1.22. The summed E-state index contributed by atoms with van der Waals surface area (Å²) < 4.78 is 52.0. The molecule has 4 aromatic carbocycles. The van der Waals surface area contributed by atoms with Gasteiger partial charge >= 0.3 is 0 Å². The van der Waals surface area contributed by atoms with Gasteiger partial charge in [-0.3, -0.25) is 13.9 Å². The van der Waals surface area contributed by atoms with Crippen LogP contribution >= 0.6 is 0 Å². The van der Waals surface area contributed by atoms with E-state index >= 15 is 0 Å². The maximum atomic E-state index is 14.8. The number of benzene rings is 4. The first-order valence-corrected chi connectivity index (χ1v) is 17.5. The van der Waals surface area contributed by atoms with E-state index in [0.29, 0.717) is 11.5 Å². The van der Waals surface area contributed by atoms with Gasteiger partial charge in [0.2, 0.25) is 11.8 Å². The van der Waals surface area contributed by atoms with Crippen LogP contribution in [0.3, 0.4) is 0 Å². The lowest BCUT2D eigenvalue weighted by molar-refractivity contribution is -0.140. The van der Waals surface area contributed by atoms with Gasteiger partial charge in [-0.25, -0.2) is 8.42 Å². The predicted octanol–water partition coefficient (Wildman–Crippen LogP) is 5.39. The van der Waals surface area contributed by atoms with Gasteiger partial charge in [-0.05, 0) is 56.2 Å². The van der Waals surface area contributed by atoms with Gasteiger partial charge in [-0.1, -0.05) is 60.2 Å². The average molecular weight is 704 g/mol. The van der Waals surface area contributed by atoms with E-state index < -0.39 is 28.5 Å². The zero-order valence-corrected chi connectivity index (χ0v) is 30.3. The Bertz CT molecular complexity index is 1870. The number of aryl methyl sites for hydroxylation is 1. The molecular formula is C38H45N3O8S. The molecule has 0 aliphatic heterocycles. The van der Waals surface area contributed by atoms with Crippen LogP contribution in [0.1, 0.15) is 30.5 Å². The standard InChI is InChI=1S/C38H45N3O8S/c1-26(2)39-38(43)33(21-28-11-9-8-10-12-28)40(24-29-15-13-27(3)14-16-29)37(42)25-41(32-22-30(46-4)17-19-34(32)47-5)50(44,45)31-18-20-35(48-6)36(23-31)49-7/h8-20,22-23,26,33H,21,24-25H2,1-7H3,(H,39,43)/t33-/m1/s1. The SMILES string of the molecule is COc1ccc(OC)c(N(CC(=O)N(Cc2ccc(C)cc2)[C@H](Cc2ccccc2)C(=O)NC(C)C)S(=O)(=O)c2ccc(OC)c(OC)c2)c1. The van der Waals surface area contributed by atoms with Crippen molar-refractivity contribution >= 4 is 27.5 Å². The van der Waals surface area contributed by atoms with Crippen molar-refractivity contribution in [3.05, 3.63) is 108 Å². The van der Waals surface area contributed by atoms with E-state index in [1.165, 1.54) is 57.6 Å². The first-order valence-electron chi connectivity index (χ1n) is 16.1. The normalized spacial score (nSPS) is 11.8. The summed E-state index contributed by atoms with van der Waals surface area (Å²) in [5.74, 6) is 0.0718. The highest BCUT2D eigenvalue weighted by Gasteiger charge is 2.36. The number of anilines is 1. The monoisotopic (exact) mass is 703 g/mol. The summed E-state index contributed by atoms with van der Waals surface area (Å²) in [6, 6.07) is 24.7. The molecule has 0 bridgehead atoms. The van der Waals surface area contributed by atoms with Crippen LogP contribution in [-0.4, -0.2) is 72.2 Å². The van der Waals surface area contributed by atoms with Crippen molar-refractivity contribution in [2.75, 3.05) is 39.3 Å². The van der Waals surface area contributed by atoms with Crippen LogP contribution in [-0.2, 0) is 32.6 Å². The molecule has 0 heterocycles. The number of sulfonamides is 1. The smallest absolute Gasteiger partial charge is 0.265 e. The van der Waals surface area contributed by atoms with Crippen molar-refractivity contribution in [2.24, 2.45) is 0 Å². The van der Waals surface area contributed by atoms with E-state index in [1.54, 1.807) is 12.1 Å². The largest absolute Gasteiger partial charge is 0.497 e. The molecule has 4 aromatic rings. The van der Waals surface area contributed by atoms with E-state index in [1.807, 2.05) is 75.4 Å². The van der Waals surface area contributed by atoms with Gasteiger partial charge in [-0.2, -0.15) is 0 Å². The molecular weight excluding hydrogens is 658 g/mol. The van der Waals surface area contributed by atoms with Gasteiger partial charge in [-0.15, -0.1) is 0 Å².